The number of hydrogen-bond donors (Lipinski definition) is 0. The van der Waals surface area contributed by atoms with Crippen molar-refractivity contribution in [2.45, 2.75) is 6.54 Å². The molecule has 0 amide bonds. The maximum atomic E-state index is 4.81. The second-order valence-corrected chi connectivity index (χ2v) is 8.81. The van der Waals surface area contributed by atoms with Crippen LogP contribution in [0.15, 0.2) is 40.0 Å². The van der Waals surface area contributed by atoms with Crippen LogP contribution in [0.25, 0.3) is 20.8 Å². The standard InChI is InChI=1S/C18H17N5S3/c1-7-24-10-13(1)18-21-14(11-26-18)9-22-3-5-23(6-4-22)17-16-15(2-8-25-16)19-12-20-17/h1-2,7-8,10-12H,3-6,9H2. The summed E-state index contributed by atoms with van der Waals surface area (Å²) in [7, 11) is 0. The lowest BCUT2D eigenvalue weighted by Crippen LogP contribution is -2.46. The molecule has 0 atom stereocenters. The van der Waals surface area contributed by atoms with E-state index >= 15 is 0 Å². The fourth-order valence-corrected chi connectivity index (χ4v) is 5.63. The van der Waals surface area contributed by atoms with Gasteiger partial charge in [0.25, 0.3) is 0 Å². The Balaban J connectivity index is 1.24. The molecular weight excluding hydrogens is 382 g/mol. The number of piperazine rings is 1. The summed E-state index contributed by atoms with van der Waals surface area (Å²) in [6.07, 6.45) is 1.68. The Morgan fingerprint density at radius 3 is 2.73 bits per heavy atom. The maximum absolute atomic E-state index is 4.81. The molecule has 5 nitrogen and oxygen atoms in total. The van der Waals surface area contributed by atoms with E-state index in [1.807, 2.05) is 0 Å². The highest BCUT2D eigenvalue weighted by Gasteiger charge is 2.21. The van der Waals surface area contributed by atoms with Crippen LogP contribution in [0, 0.1) is 0 Å². The topological polar surface area (TPSA) is 45.2 Å². The lowest BCUT2D eigenvalue weighted by atomic mass is 10.3. The predicted octanol–water partition coefficient (Wildman–Crippen LogP) is 4.20. The van der Waals surface area contributed by atoms with Gasteiger partial charge in [-0.2, -0.15) is 11.3 Å². The fraction of sp³-hybridized carbons (Fsp3) is 0.278. The van der Waals surface area contributed by atoms with E-state index in [4.69, 9.17) is 4.98 Å². The molecule has 5 rings (SSSR count). The molecule has 0 N–H and O–H groups in total. The van der Waals surface area contributed by atoms with Crippen molar-refractivity contribution in [3.05, 3.63) is 45.7 Å². The molecule has 0 aliphatic carbocycles. The van der Waals surface area contributed by atoms with Crippen LogP contribution in [0.1, 0.15) is 5.69 Å². The molecule has 0 spiro atoms. The normalized spacial score (nSPS) is 15.8. The van der Waals surface area contributed by atoms with Gasteiger partial charge in [-0.3, -0.25) is 4.90 Å². The Bertz CT molecular complexity index is 999. The summed E-state index contributed by atoms with van der Waals surface area (Å²) in [4.78, 5) is 18.6. The Morgan fingerprint density at radius 1 is 0.962 bits per heavy atom. The molecule has 4 aromatic heterocycles. The van der Waals surface area contributed by atoms with E-state index in [0.29, 0.717) is 0 Å². The first-order valence-corrected chi connectivity index (χ1v) is 11.2. The first-order chi connectivity index (χ1) is 12.9. The molecule has 1 saturated heterocycles. The number of nitrogens with zero attached hydrogens (tertiary/aromatic N) is 5. The van der Waals surface area contributed by atoms with E-state index < -0.39 is 0 Å². The Hall–Kier alpha value is -1.87. The number of anilines is 1. The SMILES string of the molecule is c1nc(N2CCN(Cc3csc(-c4ccsc4)n3)CC2)c2sccc2n1. The molecule has 0 unspecified atom stereocenters. The number of fused-ring (bicyclic) bond motifs is 1. The van der Waals surface area contributed by atoms with Gasteiger partial charge in [-0.15, -0.1) is 22.7 Å². The van der Waals surface area contributed by atoms with Crippen molar-refractivity contribution < 1.29 is 0 Å². The van der Waals surface area contributed by atoms with Crippen LogP contribution in [-0.2, 0) is 6.54 Å². The summed E-state index contributed by atoms with van der Waals surface area (Å²) in [5.74, 6) is 1.08. The average molecular weight is 400 g/mol. The average Bonchev–Trinajstić information content (AvgIpc) is 3.42. The number of aromatic nitrogens is 3. The van der Waals surface area contributed by atoms with Crippen LogP contribution in [0.2, 0.25) is 0 Å². The third-order valence-corrected chi connectivity index (χ3v) is 7.12. The van der Waals surface area contributed by atoms with Crippen LogP contribution in [-0.4, -0.2) is 46.0 Å². The van der Waals surface area contributed by atoms with Gasteiger partial charge in [0.2, 0.25) is 0 Å². The Morgan fingerprint density at radius 2 is 1.88 bits per heavy atom. The summed E-state index contributed by atoms with van der Waals surface area (Å²) in [5.41, 5.74) is 3.46. The highest BCUT2D eigenvalue weighted by Crippen LogP contribution is 2.29. The van der Waals surface area contributed by atoms with E-state index in [2.05, 4.69) is 53.4 Å². The number of thiazole rings is 1. The largest absolute Gasteiger partial charge is 0.353 e. The highest BCUT2D eigenvalue weighted by atomic mass is 32.1. The molecule has 8 heteroatoms. The molecule has 0 radical (unpaired) electrons. The Labute approximate surface area is 163 Å². The lowest BCUT2D eigenvalue weighted by molar-refractivity contribution is 0.247. The van der Waals surface area contributed by atoms with Gasteiger partial charge in [-0.25, -0.2) is 15.0 Å². The maximum Gasteiger partial charge on any atom is 0.150 e. The summed E-state index contributed by atoms with van der Waals surface area (Å²) in [6, 6.07) is 4.20. The van der Waals surface area contributed by atoms with Crippen LogP contribution in [0.5, 0.6) is 0 Å². The highest BCUT2D eigenvalue weighted by molar-refractivity contribution is 7.17. The quantitative estimate of drug-likeness (QED) is 0.515. The van der Waals surface area contributed by atoms with Crippen molar-refractivity contribution >= 4 is 50.0 Å². The van der Waals surface area contributed by atoms with Crippen LogP contribution in [0.4, 0.5) is 5.82 Å². The van der Waals surface area contributed by atoms with Gasteiger partial charge in [-0.05, 0) is 22.9 Å². The van der Waals surface area contributed by atoms with E-state index in [0.717, 1.165) is 49.1 Å². The molecule has 1 aliphatic heterocycles. The zero-order valence-electron chi connectivity index (χ0n) is 14.0. The lowest BCUT2D eigenvalue weighted by Gasteiger charge is -2.35. The van der Waals surface area contributed by atoms with Gasteiger partial charge in [0, 0.05) is 49.0 Å². The van der Waals surface area contributed by atoms with Crippen LogP contribution < -0.4 is 4.90 Å². The van der Waals surface area contributed by atoms with E-state index in [1.54, 1.807) is 40.3 Å². The van der Waals surface area contributed by atoms with Crippen molar-refractivity contribution in [3.8, 4) is 10.6 Å². The molecule has 0 saturated carbocycles. The molecule has 1 fully saturated rings. The molecule has 1 aliphatic rings. The molecule has 0 bridgehead atoms. The first-order valence-electron chi connectivity index (χ1n) is 8.49. The zero-order chi connectivity index (χ0) is 17.3. The third-order valence-electron chi connectivity index (χ3n) is 4.60. The van der Waals surface area contributed by atoms with Crippen molar-refractivity contribution in [3.63, 3.8) is 0 Å². The molecule has 0 aromatic carbocycles. The Kier molecular flexibility index (Phi) is 4.41. The van der Waals surface area contributed by atoms with Crippen molar-refractivity contribution in [1.82, 2.24) is 19.9 Å². The summed E-state index contributed by atoms with van der Waals surface area (Å²) >= 11 is 5.18. The molecule has 26 heavy (non-hydrogen) atoms. The third kappa shape index (κ3) is 3.14. The second kappa shape index (κ2) is 7.03. The van der Waals surface area contributed by atoms with E-state index in [9.17, 15) is 0 Å². The number of hydrogen-bond acceptors (Lipinski definition) is 8. The molecule has 5 heterocycles. The summed E-state index contributed by atoms with van der Waals surface area (Å²) in [5, 5.41) is 9.67. The first kappa shape index (κ1) is 16.3. The van der Waals surface area contributed by atoms with Gasteiger partial charge < -0.3 is 4.90 Å². The molecule has 4 aromatic rings. The second-order valence-electron chi connectivity index (χ2n) is 6.25. The van der Waals surface area contributed by atoms with Gasteiger partial charge in [0.05, 0.1) is 15.9 Å². The van der Waals surface area contributed by atoms with Gasteiger partial charge in [0.15, 0.2) is 0 Å². The minimum absolute atomic E-state index is 0.923. The van der Waals surface area contributed by atoms with E-state index in [1.165, 1.54) is 16.0 Å². The minimum atomic E-state index is 0.923. The van der Waals surface area contributed by atoms with Crippen LogP contribution >= 0.6 is 34.0 Å². The minimum Gasteiger partial charge on any atom is -0.353 e. The number of thiophene rings is 2. The summed E-state index contributed by atoms with van der Waals surface area (Å²) in [6.45, 7) is 4.97. The predicted molar refractivity (Wildman–Crippen MR) is 110 cm³/mol. The number of rotatable bonds is 4. The van der Waals surface area contributed by atoms with Gasteiger partial charge in [0.1, 0.15) is 17.2 Å². The van der Waals surface area contributed by atoms with E-state index in [-0.39, 0.29) is 0 Å². The van der Waals surface area contributed by atoms with Crippen molar-refractivity contribution in [2.24, 2.45) is 0 Å². The van der Waals surface area contributed by atoms with Crippen molar-refractivity contribution in [2.75, 3.05) is 31.1 Å². The zero-order valence-corrected chi connectivity index (χ0v) is 16.5. The van der Waals surface area contributed by atoms with Gasteiger partial charge >= 0.3 is 0 Å². The monoisotopic (exact) mass is 399 g/mol. The fourth-order valence-electron chi connectivity index (χ4n) is 3.25. The van der Waals surface area contributed by atoms with Crippen LogP contribution in [0.3, 0.4) is 0 Å². The smallest absolute Gasteiger partial charge is 0.150 e. The summed E-state index contributed by atoms with van der Waals surface area (Å²) < 4.78 is 1.20. The molecular formula is C18H17N5S3. The van der Waals surface area contributed by atoms with Gasteiger partial charge in [-0.1, -0.05) is 0 Å². The molecule has 132 valence electrons. The van der Waals surface area contributed by atoms with Crippen molar-refractivity contribution in [1.29, 1.82) is 0 Å².